The molecule has 0 saturated carbocycles. The molecule has 2 aromatic carbocycles. The first-order valence-electron chi connectivity index (χ1n) is 6.75. The average molecular weight is 362 g/mol. The summed E-state index contributed by atoms with van der Waals surface area (Å²) in [5.41, 5.74) is 3.14. The maximum Gasteiger partial charge on any atom is 0.338 e. The molecule has 4 nitrogen and oxygen atoms in total. The zero-order valence-electron chi connectivity index (χ0n) is 12.4. The van der Waals surface area contributed by atoms with Crippen molar-refractivity contribution in [2.24, 2.45) is 0 Å². The van der Waals surface area contributed by atoms with Crippen LogP contribution in [0.2, 0.25) is 0 Å². The van der Waals surface area contributed by atoms with Crippen LogP contribution in [0.1, 0.15) is 21.5 Å². The normalized spacial score (nSPS) is 10.1. The molecule has 5 heteroatoms. The monoisotopic (exact) mass is 361 g/mol. The third-order valence-corrected chi connectivity index (χ3v) is 3.61. The molecule has 22 heavy (non-hydrogen) atoms. The van der Waals surface area contributed by atoms with Gasteiger partial charge in [-0.1, -0.05) is 28.1 Å². The van der Waals surface area contributed by atoms with Crippen LogP contribution >= 0.6 is 15.9 Å². The lowest BCUT2D eigenvalue weighted by atomic mass is 10.1. The van der Waals surface area contributed by atoms with E-state index in [1.165, 1.54) is 0 Å². The quantitative estimate of drug-likeness (QED) is 0.841. The van der Waals surface area contributed by atoms with Crippen LogP contribution in [0.3, 0.4) is 0 Å². The molecule has 2 rings (SSSR count). The van der Waals surface area contributed by atoms with Crippen molar-refractivity contribution < 1.29 is 14.3 Å². The van der Waals surface area contributed by atoms with E-state index < -0.39 is 5.97 Å². The van der Waals surface area contributed by atoms with Gasteiger partial charge in [0.15, 0.2) is 6.61 Å². The van der Waals surface area contributed by atoms with Crippen molar-refractivity contribution in [2.45, 2.75) is 13.8 Å². The van der Waals surface area contributed by atoms with Crippen molar-refractivity contribution in [1.29, 1.82) is 0 Å². The van der Waals surface area contributed by atoms with Gasteiger partial charge in [-0.2, -0.15) is 0 Å². The Kier molecular flexibility index (Phi) is 5.33. The number of carbonyl (C=O) groups excluding carboxylic acids is 2. The number of amides is 1. The first-order chi connectivity index (χ1) is 10.5. The van der Waals surface area contributed by atoms with Gasteiger partial charge in [0.2, 0.25) is 0 Å². The maximum atomic E-state index is 11.9. The van der Waals surface area contributed by atoms with E-state index in [0.717, 1.165) is 21.3 Å². The minimum absolute atomic E-state index is 0.317. The van der Waals surface area contributed by atoms with Gasteiger partial charge in [-0.15, -0.1) is 0 Å². The number of benzene rings is 2. The Balaban J connectivity index is 1.91. The summed E-state index contributed by atoms with van der Waals surface area (Å²) in [4.78, 5) is 23.7. The lowest BCUT2D eigenvalue weighted by Gasteiger charge is -2.10. The van der Waals surface area contributed by atoms with Gasteiger partial charge in [0.05, 0.1) is 5.56 Å². The van der Waals surface area contributed by atoms with Gasteiger partial charge >= 0.3 is 5.97 Å². The van der Waals surface area contributed by atoms with E-state index in [4.69, 9.17) is 4.74 Å². The van der Waals surface area contributed by atoms with Crippen molar-refractivity contribution in [3.63, 3.8) is 0 Å². The van der Waals surface area contributed by atoms with E-state index in [1.54, 1.807) is 24.3 Å². The fourth-order valence-electron chi connectivity index (χ4n) is 1.86. The number of hydrogen-bond donors (Lipinski definition) is 1. The van der Waals surface area contributed by atoms with Crippen molar-refractivity contribution in [2.75, 3.05) is 11.9 Å². The number of aryl methyl sites for hydroxylation is 2. The van der Waals surface area contributed by atoms with Gasteiger partial charge in [0, 0.05) is 10.2 Å². The Labute approximate surface area is 137 Å². The Morgan fingerprint density at radius 3 is 2.45 bits per heavy atom. The summed E-state index contributed by atoms with van der Waals surface area (Å²) in [6.45, 7) is 3.54. The predicted octanol–water partition coefficient (Wildman–Crippen LogP) is 3.86. The molecule has 0 aliphatic rings. The molecule has 0 heterocycles. The maximum absolute atomic E-state index is 11.9. The number of esters is 1. The highest BCUT2D eigenvalue weighted by Crippen LogP contribution is 2.16. The van der Waals surface area contributed by atoms with Crippen molar-refractivity contribution >= 4 is 33.5 Å². The summed E-state index contributed by atoms with van der Waals surface area (Å²) in [6.07, 6.45) is 0. The molecule has 2 aromatic rings. The molecule has 0 aromatic heterocycles. The molecule has 0 aliphatic heterocycles. The molecular weight excluding hydrogens is 346 g/mol. The SMILES string of the molecule is Cc1ccc(C)c(NC(=O)COC(=O)c2ccc(Br)cc2)c1. The number of rotatable bonds is 4. The lowest BCUT2D eigenvalue weighted by Crippen LogP contribution is -2.21. The molecule has 0 atom stereocenters. The topological polar surface area (TPSA) is 55.4 Å². The summed E-state index contributed by atoms with van der Waals surface area (Å²) in [7, 11) is 0. The highest BCUT2D eigenvalue weighted by atomic mass is 79.9. The molecule has 0 bridgehead atoms. The third kappa shape index (κ3) is 4.43. The highest BCUT2D eigenvalue weighted by molar-refractivity contribution is 9.10. The van der Waals surface area contributed by atoms with E-state index in [9.17, 15) is 9.59 Å². The molecule has 1 amide bonds. The van der Waals surface area contributed by atoms with Crippen LogP contribution in [0.5, 0.6) is 0 Å². The number of hydrogen-bond acceptors (Lipinski definition) is 3. The molecule has 0 unspecified atom stereocenters. The first kappa shape index (κ1) is 16.2. The van der Waals surface area contributed by atoms with Gasteiger partial charge in [0.1, 0.15) is 0 Å². The van der Waals surface area contributed by atoms with Gasteiger partial charge in [-0.05, 0) is 55.3 Å². The van der Waals surface area contributed by atoms with Gasteiger partial charge in [0.25, 0.3) is 5.91 Å². The van der Waals surface area contributed by atoms with E-state index in [-0.39, 0.29) is 12.5 Å². The number of halogens is 1. The minimum atomic E-state index is -0.524. The zero-order valence-corrected chi connectivity index (χ0v) is 13.9. The Morgan fingerprint density at radius 2 is 1.77 bits per heavy atom. The van der Waals surface area contributed by atoms with Crippen LogP contribution in [0.4, 0.5) is 5.69 Å². The summed E-state index contributed by atoms with van der Waals surface area (Å²) < 4.78 is 5.88. The third-order valence-electron chi connectivity index (χ3n) is 3.08. The van der Waals surface area contributed by atoms with Gasteiger partial charge < -0.3 is 10.1 Å². The van der Waals surface area contributed by atoms with Crippen LogP contribution in [0.15, 0.2) is 46.9 Å². The molecule has 114 valence electrons. The number of anilines is 1. The summed E-state index contributed by atoms with van der Waals surface area (Å²) >= 11 is 3.29. The molecule has 1 N–H and O–H groups in total. The van der Waals surface area contributed by atoms with E-state index in [2.05, 4.69) is 21.2 Å². The molecule has 0 saturated heterocycles. The molecule has 0 fully saturated rings. The molecular formula is C17H16BrNO3. The summed E-state index contributed by atoms with van der Waals surface area (Å²) in [5, 5.41) is 2.74. The zero-order chi connectivity index (χ0) is 16.1. The van der Waals surface area contributed by atoms with Crippen LogP contribution in [0.25, 0.3) is 0 Å². The van der Waals surface area contributed by atoms with Gasteiger partial charge in [-0.3, -0.25) is 4.79 Å². The summed E-state index contributed by atoms with van der Waals surface area (Å²) in [6, 6.07) is 12.5. The Bertz CT molecular complexity index is 696. The first-order valence-corrected chi connectivity index (χ1v) is 7.55. The molecule has 0 spiro atoms. The van der Waals surface area contributed by atoms with Crippen LogP contribution in [-0.4, -0.2) is 18.5 Å². The smallest absolute Gasteiger partial charge is 0.338 e. The van der Waals surface area contributed by atoms with Crippen LogP contribution < -0.4 is 5.32 Å². The predicted molar refractivity (Wildman–Crippen MR) is 89.0 cm³/mol. The molecule has 0 aliphatic carbocycles. The number of ether oxygens (including phenoxy) is 1. The second-order valence-electron chi connectivity index (χ2n) is 4.95. The van der Waals surface area contributed by atoms with E-state index >= 15 is 0 Å². The summed E-state index contributed by atoms with van der Waals surface area (Å²) in [5.74, 6) is -0.886. The second kappa shape index (κ2) is 7.22. The van der Waals surface area contributed by atoms with Crippen LogP contribution in [0, 0.1) is 13.8 Å². The fraction of sp³-hybridized carbons (Fsp3) is 0.176. The average Bonchev–Trinajstić information content (AvgIpc) is 2.49. The van der Waals surface area contributed by atoms with Crippen molar-refractivity contribution in [1.82, 2.24) is 0 Å². The minimum Gasteiger partial charge on any atom is -0.452 e. The van der Waals surface area contributed by atoms with Crippen LogP contribution in [-0.2, 0) is 9.53 Å². The second-order valence-corrected chi connectivity index (χ2v) is 5.87. The standard InChI is InChI=1S/C17H16BrNO3/c1-11-3-4-12(2)15(9-11)19-16(20)10-22-17(21)13-5-7-14(18)8-6-13/h3-9H,10H2,1-2H3,(H,19,20). The Morgan fingerprint density at radius 1 is 1.09 bits per heavy atom. The van der Waals surface area contributed by atoms with Gasteiger partial charge in [-0.25, -0.2) is 4.79 Å². The molecule has 0 radical (unpaired) electrons. The largest absolute Gasteiger partial charge is 0.452 e. The Hall–Kier alpha value is -2.14. The van der Waals surface area contributed by atoms with E-state index in [0.29, 0.717) is 5.56 Å². The fourth-order valence-corrected chi connectivity index (χ4v) is 2.12. The van der Waals surface area contributed by atoms with E-state index in [1.807, 2.05) is 32.0 Å². The number of carbonyl (C=O) groups is 2. The highest BCUT2D eigenvalue weighted by Gasteiger charge is 2.11. The van der Waals surface area contributed by atoms with Crippen molar-refractivity contribution in [3.8, 4) is 0 Å². The lowest BCUT2D eigenvalue weighted by molar-refractivity contribution is -0.119. The number of nitrogens with one attached hydrogen (secondary N) is 1. The van der Waals surface area contributed by atoms with Crippen molar-refractivity contribution in [3.05, 3.63) is 63.6 Å².